The summed E-state index contributed by atoms with van der Waals surface area (Å²) in [7, 11) is 1.71. The van der Waals surface area contributed by atoms with Gasteiger partial charge in [-0.05, 0) is 27.0 Å². The van der Waals surface area contributed by atoms with Gasteiger partial charge in [0.15, 0.2) is 0 Å². The van der Waals surface area contributed by atoms with Crippen LogP contribution in [0.5, 0.6) is 0 Å². The van der Waals surface area contributed by atoms with E-state index in [0.29, 0.717) is 6.61 Å². The number of hydrogen-bond acceptors (Lipinski definition) is 4. The Morgan fingerprint density at radius 2 is 2.29 bits per heavy atom. The number of nitrogens with zero attached hydrogens (tertiary/aromatic N) is 2. The molecule has 1 rings (SSSR count). The maximum atomic E-state index is 5.11. The van der Waals surface area contributed by atoms with Gasteiger partial charge in [0.05, 0.1) is 6.61 Å². The van der Waals surface area contributed by atoms with Crippen LogP contribution in [-0.2, 0) is 11.3 Å². The molecule has 0 amide bonds. The van der Waals surface area contributed by atoms with Crippen LogP contribution in [0.15, 0.2) is 12.4 Å². The fraction of sp³-hybridized carbons (Fsp3) is 0.750. The fourth-order valence-corrected chi connectivity index (χ4v) is 1.83. The Balaban J connectivity index is 2.66. The first-order chi connectivity index (χ1) is 7.98. The molecule has 0 bridgehead atoms. The Kier molecular flexibility index (Phi) is 5.33. The van der Waals surface area contributed by atoms with Gasteiger partial charge in [-0.3, -0.25) is 0 Å². The van der Waals surface area contributed by atoms with E-state index >= 15 is 0 Å². The van der Waals surface area contributed by atoms with Crippen molar-refractivity contribution >= 4 is 17.7 Å². The molecule has 1 N–H and O–H groups in total. The van der Waals surface area contributed by atoms with Gasteiger partial charge in [0.1, 0.15) is 0 Å². The molecule has 0 saturated heterocycles. The van der Waals surface area contributed by atoms with Crippen molar-refractivity contribution in [3.8, 4) is 0 Å². The zero-order valence-corrected chi connectivity index (χ0v) is 12.2. The summed E-state index contributed by atoms with van der Waals surface area (Å²) in [6.45, 7) is 8.18. The molecule has 17 heavy (non-hydrogen) atoms. The van der Waals surface area contributed by atoms with E-state index in [2.05, 4.69) is 41.9 Å². The van der Waals surface area contributed by atoms with Gasteiger partial charge in [0.2, 0.25) is 5.95 Å². The van der Waals surface area contributed by atoms with Crippen molar-refractivity contribution in [3.63, 3.8) is 0 Å². The van der Waals surface area contributed by atoms with Crippen LogP contribution in [0, 0.1) is 0 Å². The number of hydrogen-bond donors (Lipinski definition) is 1. The van der Waals surface area contributed by atoms with Gasteiger partial charge in [-0.1, -0.05) is 0 Å². The average Bonchev–Trinajstić information content (AvgIpc) is 2.65. The van der Waals surface area contributed by atoms with Gasteiger partial charge in [-0.2, -0.15) is 11.8 Å². The molecular weight excluding hydrogens is 234 g/mol. The molecule has 1 aromatic heterocycles. The second-order valence-corrected chi connectivity index (χ2v) is 6.36. The largest absolute Gasteiger partial charge is 0.383 e. The van der Waals surface area contributed by atoms with Crippen LogP contribution < -0.4 is 5.32 Å². The first kappa shape index (κ1) is 14.4. The average molecular weight is 257 g/mol. The van der Waals surface area contributed by atoms with Crippen LogP contribution in [-0.4, -0.2) is 40.3 Å². The molecule has 98 valence electrons. The van der Waals surface area contributed by atoms with Crippen molar-refractivity contribution in [1.29, 1.82) is 0 Å². The Hall–Kier alpha value is -0.680. The maximum Gasteiger partial charge on any atom is 0.203 e. The van der Waals surface area contributed by atoms with Gasteiger partial charge >= 0.3 is 0 Å². The summed E-state index contributed by atoms with van der Waals surface area (Å²) in [6, 6.07) is 0.263. The Bertz CT molecular complexity index is 338. The van der Waals surface area contributed by atoms with Gasteiger partial charge in [-0.25, -0.2) is 4.98 Å². The van der Waals surface area contributed by atoms with Crippen LogP contribution in [0.1, 0.15) is 20.8 Å². The Morgan fingerprint density at radius 1 is 1.59 bits per heavy atom. The highest BCUT2D eigenvalue weighted by Gasteiger charge is 2.18. The maximum absolute atomic E-state index is 5.11. The molecule has 0 saturated carbocycles. The van der Waals surface area contributed by atoms with E-state index in [9.17, 15) is 0 Å². The minimum atomic E-state index is 0.210. The highest BCUT2D eigenvalue weighted by Crippen LogP contribution is 2.24. The molecule has 0 aliphatic heterocycles. The summed E-state index contributed by atoms with van der Waals surface area (Å²) >= 11 is 1.86. The third-order valence-electron chi connectivity index (χ3n) is 2.61. The van der Waals surface area contributed by atoms with Crippen LogP contribution in [0.4, 0.5) is 5.95 Å². The van der Waals surface area contributed by atoms with E-state index in [1.807, 2.05) is 24.2 Å². The Morgan fingerprint density at radius 3 is 2.88 bits per heavy atom. The third kappa shape index (κ3) is 4.60. The van der Waals surface area contributed by atoms with Crippen LogP contribution in [0.3, 0.4) is 0 Å². The molecule has 0 aromatic carbocycles. The molecule has 1 heterocycles. The molecular formula is C12H23N3OS. The van der Waals surface area contributed by atoms with E-state index in [4.69, 9.17) is 4.74 Å². The lowest BCUT2D eigenvalue weighted by Crippen LogP contribution is -2.27. The summed E-state index contributed by atoms with van der Waals surface area (Å²) in [5.41, 5.74) is 0. The lowest BCUT2D eigenvalue weighted by Gasteiger charge is -2.24. The van der Waals surface area contributed by atoms with E-state index in [1.54, 1.807) is 7.11 Å². The topological polar surface area (TPSA) is 39.1 Å². The van der Waals surface area contributed by atoms with Crippen molar-refractivity contribution in [1.82, 2.24) is 9.55 Å². The minimum Gasteiger partial charge on any atom is -0.383 e. The van der Waals surface area contributed by atoms with Crippen molar-refractivity contribution in [2.75, 3.05) is 25.3 Å². The molecule has 1 unspecified atom stereocenters. The summed E-state index contributed by atoms with van der Waals surface area (Å²) in [6.07, 6.45) is 5.98. The number of aromatic nitrogens is 2. The fourth-order valence-electron chi connectivity index (χ4n) is 1.56. The molecule has 0 fully saturated rings. The third-order valence-corrected chi connectivity index (χ3v) is 3.85. The Labute approximate surface area is 108 Å². The molecule has 1 aromatic rings. The van der Waals surface area contributed by atoms with Gasteiger partial charge in [0, 0.05) is 36.8 Å². The second-order valence-electron chi connectivity index (χ2n) is 4.84. The quantitative estimate of drug-likeness (QED) is 0.814. The molecule has 0 aliphatic carbocycles. The number of imidazole rings is 1. The number of thioether (sulfide) groups is 1. The first-order valence-corrected chi connectivity index (χ1v) is 7.03. The van der Waals surface area contributed by atoms with Crippen molar-refractivity contribution in [2.45, 2.75) is 38.1 Å². The van der Waals surface area contributed by atoms with Crippen LogP contribution in [0.2, 0.25) is 0 Å². The van der Waals surface area contributed by atoms with Gasteiger partial charge in [-0.15, -0.1) is 0 Å². The first-order valence-electron chi connectivity index (χ1n) is 5.80. The predicted molar refractivity (Wildman–Crippen MR) is 74.8 cm³/mol. The number of rotatable bonds is 7. The number of methoxy groups -OCH3 is 1. The smallest absolute Gasteiger partial charge is 0.203 e. The van der Waals surface area contributed by atoms with E-state index in [0.717, 1.165) is 12.5 Å². The second kappa shape index (κ2) is 6.31. The molecule has 4 nitrogen and oxygen atoms in total. The summed E-state index contributed by atoms with van der Waals surface area (Å²) < 4.78 is 7.48. The highest BCUT2D eigenvalue weighted by molar-refractivity contribution is 7.99. The highest BCUT2D eigenvalue weighted by atomic mass is 32.2. The molecule has 1 atom stereocenters. The SMILES string of the molecule is COCC(C)Nc1nccn1CC(C)(C)SC. The zero-order valence-electron chi connectivity index (χ0n) is 11.4. The summed E-state index contributed by atoms with van der Waals surface area (Å²) in [5.74, 6) is 0.914. The normalized spacial score (nSPS) is 13.7. The van der Waals surface area contributed by atoms with Crippen molar-refractivity contribution in [3.05, 3.63) is 12.4 Å². The van der Waals surface area contributed by atoms with Gasteiger partial charge in [0.25, 0.3) is 0 Å². The van der Waals surface area contributed by atoms with Gasteiger partial charge < -0.3 is 14.6 Å². The summed E-state index contributed by atoms with van der Waals surface area (Å²) in [5, 5.41) is 3.36. The van der Waals surface area contributed by atoms with E-state index in [1.165, 1.54) is 0 Å². The van der Waals surface area contributed by atoms with E-state index in [-0.39, 0.29) is 10.8 Å². The van der Waals surface area contributed by atoms with Crippen molar-refractivity contribution in [2.24, 2.45) is 0 Å². The predicted octanol–water partition coefficient (Wildman–Crippen LogP) is 2.47. The number of ether oxygens (including phenoxy) is 1. The van der Waals surface area contributed by atoms with Crippen molar-refractivity contribution < 1.29 is 4.74 Å². The van der Waals surface area contributed by atoms with E-state index < -0.39 is 0 Å². The minimum absolute atomic E-state index is 0.210. The number of anilines is 1. The number of nitrogens with one attached hydrogen (secondary N) is 1. The molecule has 0 radical (unpaired) electrons. The molecule has 0 aliphatic rings. The molecule has 5 heteroatoms. The summed E-state index contributed by atoms with van der Waals surface area (Å²) in [4.78, 5) is 4.34. The van der Waals surface area contributed by atoms with Crippen LogP contribution in [0.25, 0.3) is 0 Å². The lowest BCUT2D eigenvalue weighted by molar-refractivity contribution is 0.190. The lowest BCUT2D eigenvalue weighted by atomic mass is 10.2. The molecule has 0 spiro atoms. The monoisotopic (exact) mass is 257 g/mol. The standard InChI is InChI=1S/C12H23N3OS/c1-10(8-16-4)14-11-13-6-7-15(11)9-12(2,3)17-5/h6-7,10H,8-9H2,1-5H3,(H,13,14). The zero-order chi connectivity index (χ0) is 12.9. The van der Waals surface area contributed by atoms with Crippen LogP contribution >= 0.6 is 11.8 Å².